The van der Waals surface area contributed by atoms with Gasteiger partial charge in [0, 0.05) is 58.5 Å². The topological polar surface area (TPSA) is 96.2 Å². The van der Waals surface area contributed by atoms with Crippen LogP contribution in [0.3, 0.4) is 0 Å². The molecule has 0 saturated carbocycles. The Morgan fingerprint density at radius 2 is 1.49 bits per heavy atom. The standard InChI is InChI=1S/C27H19N7O/c1-28-22-6-7-24-23(17-22)25(11-15-30-24)34-26-16-18(8-14-31-26)27(35)33-20-4-2-19(3-5-20)32-21-9-12-29-13-10-21/h2-17H,(H,29,32)(H,33,35)(H,30,31,34). The van der Waals surface area contributed by atoms with Crippen LogP contribution in [0.15, 0.2) is 97.6 Å². The van der Waals surface area contributed by atoms with Gasteiger partial charge >= 0.3 is 0 Å². The van der Waals surface area contributed by atoms with Crippen molar-refractivity contribution in [3.8, 4) is 0 Å². The van der Waals surface area contributed by atoms with E-state index in [1.165, 1.54) is 0 Å². The van der Waals surface area contributed by atoms with Crippen molar-refractivity contribution in [1.29, 1.82) is 0 Å². The van der Waals surface area contributed by atoms with Gasteiger partial charge in [0.25, 0.3) is 5.91 Å². The zero-order valence-electron chi connectivity index (χ0n) is 18.4. The van der Waals surface area contributed by atoms with Crippen LogP contribution in [0, 0.1) is 6.57 Å². The fourth-order valence-corrected chi connectivity index (χ4v) is 3.53. The average molecular weight is 457 g/mol. The van der Waals surface area contributed by atoms with Gasteiger partial charge in [-0.2, -0.15) is 0 Å². The summed E-state index contributed by atoms with van der Waals surface area (Å²) in [6.45, 7) is 7.26. The molecule has 0 fully saturated rings. The molecule has 2 aromatic carbocycles. The molecule has 0 aliphatic heterocycles. The van der Waals surface area contributed by atoms with Crippen LogP contribution >= 0.6 is 0 Å². The van der Waals surface area contributed by atoms with Gasteiger partial charge in [0.2, 0.25) is 0 Å². The molecule has 3 N–H and O–H groups in total. The molecule has 5 aromatic rings. The molecular weight excluding hydrogens is 438 g/mol. The van der Waals surface area contributed by atoms with Crippen molar-refractivity contribution in [2.45, 2.75) is 0 Å². The van der Waals surface area contributed by atoms with Crippen molar-refractivity contribution >= 4 is 51.1 Å². The summed E-state index contributed by atoms with van der Waals surface area (Å²) in [6.07, 6.45) is 6.70. The Balaban J connectivity index is 1.30. The Bertz CT molecular complexity index is 1540. The van der Waals surface area contributed by atoms with Gasteiger partial charge < -0.3 is 16.0 Å². The molecule has 5 rings (SSSR count). The summed E-state index contributed by atoms with van der Waals surface area (Å²) >= 11 is 0. The highest BCUT2D eigenvalue weighted by molar-refractivity contribution is 6.05. The second-order valence-corrected chi connectivity index (χ2v) is 7.62. The second kappa shape index (κ2) is 9.68. The first kappa shape index (κ1) is 21.6. The number of carbonyl (C=O) groups excluding carboxylic acids is 1. The molecule has 35 heavy (non-hydrogen) atoms. The van der Waals surface area contributed by atoms with Gasteiger partial charge in [0.05, 0.1) is 12.1 Å². The Hall–Kier alpha value is -5.29. The molecule has 0 atom stereocenters. The summed E-state index contributed by atoms with van der Waals surface area (Å²) < 4.78 is 0. The van der Waals surface area contributed by atoms with Crippen molar-refractivity contribution in [1.82, 2.24) is 15.0 Å². The van der Waals surface area contributed by atoms with E-state index >= 15 is 0 Å². The van der Waals surface area contributed by atoms with Crippen LogP contribution in [0.2, 0.25) is 0 Å². The fraction of sp³-hybridized carbons (Fsp3) is 0. The predicted molar refractivity (Wildman–Crippen MR) is 137 cm³/mol. The van der Waals surface area contributed by atoms with Crippen LogP contribution in [0.25, 0.3) is 15.7 Å². The Kier molecular flexibility index (Phi) is 5.96. The lowest BCUT2D eigenvalue weighted by molar-refractivity contribution is 0.102. The SMILES string of the molecule is [C-]#[N+]c1ccc2nccc(Nc3cc(C(=O)Nc4ccc(Nc5ccncc5)cc4)ccn3)c2c1. The zero-order chi connectivity index (χ0) is 24.0. The number of aromatic nitrogens is 3. The third-order valence-corrected chi connectivity index (χ3v) is 5.25. The highest BCUT2D eigenvalue weighted by atomic mass is 16.1. The van der Waals surface area contributed by atoms with E-state index in [1.807, 2.05) is 48.5 Å². The number of nitrogens with one attached hydrogen (secondary N) is 3. The van der Waals surface area contributed by atoms with Gasteiger partial charge in [0.1, 0.15) is 5.82 Å². The van der Waals surface area contributed by atoms with Crippen LogP contribution in [0.5, 0.6) is 0 Å². The van der Waals surface area contributed by atoms with Crippen LogP contribution in [-0.2, 0) is 0 Å². The predicted octanol–water partition coefficient (Wildman–Crippen LogP) is 6.32. The number of benzene rings is 2. The maximum Gasteiger partial charge on any atom is 0.255 e. The largest absolute Gasteiger partial charge is 0.355 e. The molecule has 8 heteroatoms. The maximum absolute atomic E-state index is 12.9. The maximum atomic E-state index is 12.9. The van der Waals surface area contributed by atoms with Crippen molar-refractivity contribution in [2.75, 3.05) is 16.0 Å². The lowest BCUT2D eigenvalue weighted by Crippen LogP contribution is -2.12. The van der Waals surface area contributed by atoms with Gasteiger partial charge in [0.15, 0.2) is 5.69 Å². The number of nitrogens with zero attached hydrogens (tertiary/aromatic N) is 4. The van der Waals surface area contributed by atoms with E-state index < -0.39 is 0 Å². The number of fused-ring (bicyclic) bond motifs is 1. The third kappa shape index (κ3) is 5.05. The average Bonchev–Trinajstić information content (AvgIpc) is 2.90. The Morgan fingerprint density at radius 3 is 2.29 bits per heavy atom. The number of pyridine rings is 3. The first-order valence-corrected chi connectivity index (χ1v) is 10.8. The van der Waals surface area contributed by atoms with Crippen molar-refractivity contribution in [3.63, 3.8) is 0 Å². The number of rotatable bonds is 6. The summed E-state index contributed by atoms with van der Waals surface area (Å²) in [5, 5.41) is 10.2. The molecule has 168 valence electrons. The number of hydrogen-bond acceptors (Lipinski definition) is 6. The summed E-state index contributed by atoms with van der Waals surface area (Å²) in [5.74, 6) is 0.260. The zero-order valence-corrected chi connectivity index (χ0v) is 18.4. The highest BCUT2D eigenvalue weighted by Gasteiger charge is 2.10. The molecule has 0 spiro atoms. The van der Waals surface area contributed by atoms with Crippen molar-refractivity contribution < 1.29 is 4.79 Å². The fourth-order valence-electron chi connectivity index (χ4n) is 3.53. The van der Waals surface area contributed by atoms with Crippen LogP contribution in [-0.4, -0.2) is 20.9 Å². The smallest absolute Gasteiger partial charge is 0.255 e. The van der Waals surface area contributed by atoms with Crippen LogP contribution in [0.4, 0.5) is 34.3 Å². The monoisotopic (exact) mass is 457 g/mol. The molecule has 0 bridgehead atoms. The molecular formula is C27H19N7O. The minimum Gasteiger partial charge on any atom is -0.355 e. The van der Waals surface area contributed by atoms with E-state index in [0.717, 1.165) is 28.0 Å². The molecule has 1 amide bonds. The van der Waals surface area contributed by atoms with Gasteiger partial charge in [-0.3, -0.25) is 14.8 Å². The van der Waals surface area contributed by atoms with E-state index in [4.69, 9.17) is 6.57 Å². The normalized spacial score (nSPS) is 10.4. The minimum atomic E-state index is -0.250. The molecule has 8 nitrogen and oxygen atoms in total. The molecule has 0 aliphatic rings. The van der Waals surface area contributed by atoms with E-state index in [1.54, 1.807) is 49.1 Å². The quantitative estimate of drug-likeness (QED) is 0.258. The van der Waals surface area contributed by atoms with Crippen LogP contribution < -0.4 is 16.0 Å². The van der Waals surface area contributed by atoms with E-state index in [9.17, 15) is 4.79 Å². The van der Waals surface area contributed by atoms with E-state index in [-0.39, 0.29) is 5.91 Å². The highest BCUT2D eigenvalue weighted by Crippen LogP contribution is 2.28. The molecule has 3 heterocycles. The first-order valence-electron chi connectivity index (χ1n) is 10.8. The van der Waals surface area contributed by atoms with E-state index in [2.05, 4.69) is 35.7 Å². The molecule has 0 radical (unpaired) electrons. The van der Waals surface area contributed by atoms with Gasteiger partial charge in [-0.05, 0) is 66.7 Å². The summed E-state index contributed by atoms with van der Waals surface area (Å²) in [6, 6.07) is 21.7. The molecule has 0 aliphatic carbocycles. The number of anilines is 5. The number of hydrogen-bond donors (Lipinski definition) is 3. The Labute approximate surface area is 201 Å². The lowest BCUT2D eigenvalue weighted by Gasteiger charge is -2.11. The molecule has 0 saturated heterocycles. The number of carbonyl (C=O) groups is 1. The summed E-state index contributed by atoms with van der Waals surface area (Å²) in [7, 11) is 0. The summed E-state index contributed by atoms with van der Waals surface area (Å²) in [5.41, 5.74) is 5.00. The first-order chi connectivity index (χ1) is 17.2. The van der Waals surface area contributed by atoms with Gasteiger partial charge in [-0.15, -0.1) is 0 Å². The van der Waals surface area contributed by atoms with Crippen molar-refractivity contribution in [2.24, 2.45) is 0 Å². The molecule has 3 aromatic heterocycles. The lowest BCUT2D eigenvalue weighted by atomic mass is 10.1. The van der Waals surface area contributed by atoms with Crippen LogP contribution in [0.1, 0.15) is 10.4 Å². The Morgan fingerprint density at radius 1 is 0.743 bits per heavy atom. The van der Waals surface area contributed by atoms with Crippen molar-refractivity contribution in [3.05, 3.63) is 115 Å². The third-order valence-electron chi connectivity index (χ3n) is 5.25. The van der Waals surface area contributed by atoms with Gasteiger partial charge in [-0.25, -0.2) is 9.83 Å². The van der Waals surface area contributed by atoms with Gasteiger partial charge in [-0.1, -0.05) is 6.07 Å². The van der Waals surface area contributed by atoms with E-state index in [0.29, 0.717) is 22.8 Å². The summed E-state index contributed by atoms with van der Waals surface area (Å²) in [4.78, 5) is 29.0. The number of amides is 1. The minimum absolute atomic E-state index is 0.250. The molecule has 0 unspecified atom stereocenters. The second-order valence-electron chi connectivity index (χ2n) is 7.62.